The van der Waals surface area contributed by atoms with Crippen LogP contribution in [-0.4, -0.2) is 16.6 Å². The summed E-state index contributed by atoms with van der Waals surface area (Å²) in [7, 11) is 0. The summed E-state index contributed by atoms with van der Waals surface area (Å²) in [5.41, 5.74) is -5.84. The third-order valence-corrected chi connectivity index (χ3v) is 3.31. The van der Waals surface area contributed by atoms with E-state index < -0.39 is 45.5 Å². The number of Topliss-reactive ketones (excluding diaryl/α,β-unsaturated/α-hetero) is 1. The Balaban J connectivity index is 3.30. The molecule has 0 aromatic heterocycles. The molecule has 0 radical (unpaired) electrons. The third kappa shape index (κ3) is 4.76. The molecule has 0 amide bonds. The van der Waals surface area contributed by atoms with Crippen LogP contribution in [0.1, 0.15) is 28.8 Å². The van der Waals surface area contributed by atoms with E-state index in [1.165, 1.54) is 0 Å². The maximum Gasteiger partial charge on any atom is 0.446 e. The summed E-state index contributed by atoms with van der Waals surface area (Å²) in [5, 5.41) is 0.194. The van der Waals surface area contributed by atoms with Crippen molar-refractivity contribution in [2.45, 2.75) is 23.3 Å². The number of hydrogen-bond acceptors (Lipinski definition) is 2. The number of thioether (sulfide) groups is 1. The SMILES string of the molecule is O=C(CCBr)c1c(SC(F)(F)F)cccc1C(F)F. The molecule has 0 aliphatic carbocycles. The van der Waals surface area contributed by atoms with E-state index in [4.69, 9.17) is 0 Å². The molecule has 0 saturated carbocycles. The fraction of sp³-hybridized carbons (Fsp3) is 0.364. The summed E-state index contributed by atoms with van der Waals surface area (Å²) in [4.78, 5) is 11.2. The van der Waals surface area contributed by atoms with E-state index >= 15 is 0 Å². The van der Waals surface area contributed by atoms with E-state index in [-0.39, 0.29) is 11.8 Å². The first-order chi connectivity index (χ1) is 8.76. The molecule has 0 unspecified atom stereocenters. The molecule has 1 nitrogen and oxygen atoms in total. The summed E-state index contributed by atoms with van der Waals surface area (Å²) in [6.45, 7) is 0. The van der Waals surface area contributed by atoms with Crippen LogP contribution in [0.4, 0.5) is 22.0 Å². The van der Waals surface area contributed by atoms with E-state index in [1.807, 2.05) is 0 Å². The molecule has 19 heavy (non-hydrogen) atoms. The number of rotatable bonds is 5. The molecule has 0 fully saturated rings. The summed E-state index contributed by atoms with van der Waals surface area (Å²) >= 11 is 2.40. The van der Waals surface area contributed by atoms with Gasteiger partial charge in [0.15, 0.2) is 5.78 Å². The first-order valence-corrected chi connectivity index (χ1v) is 6.96. The summed E-state index contributed by atoms with van der Waals surface area (Å²) in [6.07, 6.45) is -3.14. The Bertz CT molecular complexity index is 461. The molecule has 106 valence electrons. The second kappa shape index (κ2) is 6.69. The number of ketones is 1. The Labute approximate surface area is 118 Å². The monoisotopic (exact) mass is 362 g/mol. The van der Waals surface area contributed by atoms with Gasteiger partial charge >= 0.3 is 5.51 Å². The summed E-state index contributed by atoms with van der Waals surface area (Å²) in [6, 6.07) is 3.07. The molecule has 0 N–H and O–H groups in total. The molecule has 0 bridgehead atoms. The van der Waals surface area contributed by atoms with Crippen molar-refractivity contribution in [2.24, 2.45) is 0 Å². The van der Waals surface area contributed by atoms with Gasteiger partial charge in [-0.15, -0.1) is 0 Å². The molecule has 0 aliphatic rings. The van der Waals surface area contributed by atoms with Crippen LogP contribution in [0, 0.1) is 0 Å². The molecule has 1 rings (SSSR count). The van der Waals surface area contributed by atoms with Crippen LogP contribution < -0.4 is 0 Å². The predicted octanol–water partition coefficient (Wildman–Crippen LogP) is 5.20. The minimum absolute atomic E-state index is 0.144. The third-order valence-electron chi connectivity index (χ3n) is 2.12. The maximum absolute atomic E-state index is 12.8. The van der Waals surface area contributed by atoms with Crippen molar-refractivity contribution >= 4 is 33.5 Å². The lowest BCUT2D eigenvalue weighted by molar-refractivity contribution is -0.0328. The fourth-order valence-corrected chi connectivity index (χ4v) is 2.54. The number of alkyl halides is 6. The maximum atomic E-state index is 12.8. The smallest absolute Gasteiger partial charge is 0.294 e. The number of hydrogen-bond donors (Lipinski definition) is 0. The van der Waals surface area contributed by atoms with Crippen LogP contribution >= 0.6 is 27.7 Å². The van der Waals surface area contributed by atoms with Gasteiger partial charge in [0.05, 0.1) is 0 Å². The van der Waals surface area contributed by atoms with E-state index in [0.717, 1.165) is 18.2 Å². The Morgan fingerprint density at radius 1 is 1.32 bits per heavy atom. The minimum atomic E-state index is -4.63. The van der Waals surface area contributed by atoms with Gasteiger partial charge in [0.1, 0.15) is 0 Å². The highest BCUT2D eigenvalue weighted by Crippen LogP contribution is 2.41. The number of halogens is 6. The Kier molecular flexibility index (Phi) is 5.79. The van der Waals surface area contributed by atoms with Gasteiger partial charge in [-0.05, 0) is 17.8 Å². The van der Waals surface area contributed by atoms with Crippen LogP contribution in [0.3, 0.4) is 0 Å². The second-order valence-electron chi connectivity index (χ2n) is 3.43. The van der Waals surface area contributed by atoms with E-state index in [2.05, 4.69) is 15.9 Å². The van der Waals surface area contributed by atoms with Gasteiger partial charge in [0.2, 0.25) is 0 Å². The molecular weight excluding hydrogens is 355 g/mol. The molecule has 0 heterocycles. The lowest BCUT2D eigenvalue weighted by Crippen LogP contribution is -2.09. The van der Waals surface area contributed by atoms with E-state index in [9.17, 15) is 26.7 Å². The number of carbonyl (C=O) groups excluding carboxylic acids is 1. The van der Waals surface area contributed by atoms with Gasteiger partial charge in [-0.1, -0.05) is 28.1 Å². The highest BCUT2D eigenvalue weighted by molar-refractivity contribution is 9.09. The molecular formula is C11H8BrF5OS. The standard InChI is InChI=1S/C11H8BrF5OS/c12-5-4-7(18)9-6(10(13)14)2-1-3-8(9)19-11(15,16)17/h1-3,10H,4-5H2. The first kappa shape index (κ1) is 16.4. The molecule has 1 aromatic rings. The van der Waals surface area contributed by atoms with Crippen molar-refractivity contribution in [3.05, 3.63) is 29.3 Å². The normalized spacial score (nSPS) is 11.9. The van der Waals surface area contributed by atoms with Crippen LogP contribution in [0.15, 0.2) is 23.1 Å². The Hall–Kier alpha value is -0.630. The van der Waals surface area contributed by atoms with E-state index in [0.29, 0.717) is 0 Å². The van der Waals surface area contributed by atoms with Crippen LogP contribution in [0.2, 0.25) is 0 Å². The van der Waals surface area contributed by atoms with Crippen molar-refractivity contribution in [1.82, 2.24) is 0 Å². The second-order valence-corrected chi connectivity index (χ2v) is 5.33. The lowest BCUT2D eigenvalue weighted by atomic mass is 10.0. The van der Waals surface area contributed by atoms with Crippen molar-refractivity contribution in [1.29, 1.82) is 0 Å². The van der Waals surface area contributed by atoms with Crippen LogP contribution in [0.5, 0.6) is 0 Å². The highest BCUT2D eigenvalue weighted by Gasteiger charge is 2.33. The molecule has 1 aromatic carbocycles. The van der Waals surface area contributed by atoms with E-state index in [1.54, 1.807) is 0 Å². The summed E-state index contributed by atoms with van der Waals surface area (Å²) in [5.74, 6) is -0.737. The van der Waals surface area contributed by atoms with Crippen molar-refractivity contribution < 1.29 is 26.7 Å². The van der Waals surface area contributed by atoms with Crippen molar-refractivity contribution in [3.8, 4) is 0 Å². The fourth-order valence-electron chi connectivity index (χ4n) is 1.45. The average molecular weight is 363 g/mol. The average Bonchev–Trinajstić information content (AvgIpc) is 2.26. The molecule has 8 heteroatoms. The largest absolute Gasteiger partial charge is 0.446 e. The number of benzene rings is 1. The van der Waals surface area contributed by atoms with Gasteiger partial charge in [-0.3, -0.25) is 4.79 Å². The van der Waals surface area contributed by atoms with Gasteiger partial charge in [0.25, 0.3) is 6.43 Å². The van der Waals surface area contributed by atoms with Crippen molar-refractivity contribution in [2.75, 3.05) is 5.33 Å². The highest BCUT2D eigenvalue weighted by atomic mass is 79.9. The lowest BCUT2D eigenvalue weighted by Gasteiger charge is -2.14. The predicted molar refractivity (Wildman–Crippen MR) is 66.1 cm³/mol. The minimum Gasteiger partial charge on any atom is -0.294 e. The zero-order valence-corrected chi connectivity index (χ0v) is 11.7. The van der Waals surface area contributed by atoms with Gasteiger partial charge in [-0.2, -0.15) is 13.2 Å². The van der Waals surface area contributed by atoms with Gasteiger partial charge in [0, 0.05) is 27.8 Å². The van der Waals surface area contributed by atoms with Crippen LogP contribution in [-0.2, 0) is 0 Å². The van der Waals surface area contributed by atoms with Gasteiger partial charge in [-0.25, -0.2) is 8.78 Å². The zero-order chi connectivity index (χ0) is 14.6. The first-order valence-electron chi connectivity index (χ1n) is 5.02. The molecule has 0 saturated heterocycles. The van der Waals surface area contributed by atoms with Crippen molar-refractivity contribution in [3.63, 3.8) is 0 Å². The summed E-state index contributed by atoms with van der Waals surface area (Å²) < 4.78 is 62.6. The Morgan fingerprint density at radius 3 is 2.42 bits per heavy atom. The topological polar surface area (TPSA) is 17.1 Å². The Morgan fingerprint density at radius 2 is 1.95 bits per heavy atom. The van der Waals surface area contributed by atoms with Crippen LogP contribution in [0.25, 0.3) is 0 Å². The number of carbonyl (C=O) groups is 1. The van der Waals surface area contributed by atoms with Gasteiger partial charge < -0.3 is 0 Å². The quantitative estimate of drug-likeness (QED) is 0.309. The molecule has 0 aliphatic heterocycles. The molecule has 0 spiro atoms. The molecule has 0 atom stereocenters. The zero-order valence-electron chi connectivity index (χ0n) is 9.31.